The standard InChI is InChI=1S/C14H11ClF3N5OS/c1-6-4-9(14(16,17)18)20-12-7(5-19-23(6)12)11-21-13(24-22-11)10-8(15)2-3-25-10/h2-4,7,12,19H,5H2,1H3. The van der Waals surface area contributed by atoms with Crippen LogP contribution < -0.4 is 5.43 Å². The number of rotatable bonds is 2. The second-order valence-corrected chi connectivity index (χ2v) is 6.93. The minimum absolute atomic E-state index is 0.247. The Morgan fingerprint density at radius 3 is 2.92 bits per heavy atom. The third kappa shape index (κ3) is 2.83. The average molecular weight is 390 g/mol. The van der Waals surface area contributed by atoms with Crippen molar-refractivity contribution in [2.45, 2.75) is 25.2 Å². The van der Waals surface area contributed by atoms with Crippen LogP contribution >= 0.6 is 22.9 Å². The summed E-state index contributed by atoms with van der Waals surface area (Å²) < 4.78 is 44.4. The molecule has 2 aromatic heterocycles. The van der Waals surface area contributed by atoms with Gasteiger partial charge in [0, 0.05) is 12.2 Å². The van der Waals surface area contributed by atoms with Crippen LogP contribution in [0.4, 0.5) is 13.2 Å². The molecule has 0 bridgehead atoms. The van der Waals surface area contributed by atoms with Gasteiger partial charge in [-0.25, -0.2) is 5.43 Å². The number of aromatic nitrogens is 2. The topological polar surface area (TPSA) is 66.5 Å². The van der Waals surface area contributed by atoms with Crippen LogP contribution in [0.25, 0.3) is 10.8 Å². The van der Waals surface area contributed by atoms with Crippen LogP contribution in [0.1, 0.15) is 18.7 Å². The number of allylic oxidation sites excluding steroid dienone is 2. The van der Waals surface area contributed by atoms with Crippen LogP contribution in [0.2, 0.25) is 5.02 Å². The first-order valence-corrected chi connectivity index (χ1v) is 8.53. The summed E-state index contributed by atoms with van der Waals surface area (Å²) in [6, 6.07) is 1.71. The molecule has 0 amide bonds. The molecule has 1 fully saturated rings. The van der Waals surface area contributed by atoms with Gasteiger partial charge in [0.05, 0.1) is 10.9 Å². The Morgan fingerprint density at radius 1 is 1.44 bits per heavy atom. The smallest absolute Gasteiger partial charge is 0.333 e. The van der Waals surface area contributed by atoms with E-state index in [9.17, 15) is 13.2 Å². The number of aliphatic imine (C=N–C) groups is 1. The summed E-state index contributed by atoms with van der Waals surface area (Å²) in [5, 5.41) is 7.79. The number of nitrogens with one attached hydrogen (secondary N) is 1. The van der Waals surface area contributed by atoms with Gasteiger partial charge >= 0.3 is 6.18 Å². The van der Waals surface area contributed by atoms with Crippen LogP contribution in [0.15, 0.2) is 32.7 Å². The molecule has 11 heteroatoms. The van der Waals surface area contributed by atoms with Gasteiger partial charge in [0.15, 0.2) is 5.82 Å². The van der Waals surface area contributed by atoms with Gasteiger partial charge in [-0.3, -0.25) is 10.0 Å². The molecular weight excluding hydrogens is 379 g/mol. The van der Waals surface area contributed by atoms with Crippen molar-refractivity contribution < 1.29 is 17.7 Å². The van der Waals surface area contributed by atoms with E-state index in [0.717, 1.165) is 6.08 Å². The van der Waals surface area contributed by atoms with E-state index < -0.39 is 24.0 Å². The third-order valence-corrected chi connectivity index (χ3v) is 5.31. The predicted octanol–water partition coefficient (Wildman–Crippen LogP) is 3.60. The molecule has 0 spiro atoms. The second-order valence-electron chi connectivity index (χ2n) is 5.61. The average Bonchev–Trinajstić information content (AvgIpc) is 3.23. The first-order valence-electron chi connectivity index (χ1n) is 7.27. The summed E-state index contributed by atoms with van der Waals surface area (Å²) in [4.78, 5) is 8.78. The zero-order valence-corrected chi connectivity index (χ0v) is 14.3. The zero-order chi connectivity index (χ0) is 17.8. The van der Waals surface area contributed by atoms with E-state index >= 15 is 0 Å². The van der Waals surface area contributed by atoms with E-state index in [2.05, 4.69) is 20.6 Å². The number of nitrogens with zero attached hydrogens (tertiary/aromatic N) is 4. The van der Waals surface area contributed by atoms with E-state index in [1.807, 2.05) is 0 Å². The molecule has 2 unspecified atom stereocenters. The van der Waals surface area contributed by atoms with Gasteiger partial charge in [-0.15, -0.1) is 11.3 Å². The van der Waals surface area contributed by atoms with Gasteiger partial charge in [-0.2, -0.15) is 18.2 Å². The minimum atomic E-state index is -4.51. The van der Waals surface area contributed by atoms with Crippen molar-refractivity contribution in [1.29, 1.82) is 0 Å². The molecule has 1 saturated heterocycles. The lowest BCUT2D eigenvalue weighted by molar-refractivity contribution is -0.0590. The SMILES string of the molecule is CC1=CC(C(F)(F)F)=NC2C(c3noc(-c4sccc4Cl)n3)CNN12. The van der Waals surface area contributed by atoms with E-state index in [1.165, 1.54) is 11.3 Å². The Labute approximate surface area is 149 Å². The van der Waals surface area contributed by atoms with Gasteiger partial charge < -0.3 is 4.52 Å². The van der Waals surface area contributed by atoms with Crippen LogP contribution in [-0.2, 0) is 0 Å². The van der Waals surface area contributed by atoms with E-state index in [1.54, 1.807) is 23.4 Å². The van der Waals surface area contributed by atoms with Crippen LogP contribution in [-0.4, -0.2) is 39.7 Å². The minimum Gasteiger partial charge on any atom is -0.333 e. The maximum atomic E-state index is 13.1. The number of hydrogen-bond acceptors (Lipinski definition) is 7. The predicted molar refractivity (Wildman–Crippen MR) is 86.2 cm³/mol. The summed E-state index contributed by atoms with van der Waals surface area (Å²) in [6.45, 7) is 1.94. The van der Waals surface area contributed by atoms with Gasteiger partial charge in [-0.05, 0) is 24.4 Å². The number of alkyl halides is 3. The number of hydrogen-bond donors (Lipinski definition) is 1. The summed E-state index contributed by atoms with van der Waals surface area (Å²) in [5.41, 5.74) is 2.55. The van der Waals surface area contributed by atoms with Gasteiger partial charge in [-0.1, -0.05) is 16.8 Å². The van der Waals surface area contributed by atoms with Crippen molar-refractivity contribution in [3.63, 3.8) is 0 Å². The monoisotopic (exact) mass is 389 g/mol. The van der Waals surface area contributed by atoms with Crippen molar-refractivity contribution in [1.82, 2.24) is 20.6 Å². The number of thiophene rings is 1. The molecule has 0 aromatic carbocycles. The molecule has 4 heterocycles. The lowest BCUT2D eigenvalue weighted by atomic mass is 10.1. The highest BCUT2D eigenvalue weighted by Crippen LogP contribution is 2.36. The summed E-state index contributed by atoms with van der Waals surface area (Å²) in [5.74, 6) is 0.0632. The fraction of sp³-hybridized carbons (Fsp3) is 0.357. The summed E-state index contributed by atoms with van der Waals surface area (Å²) in [6.07, 6.45) is -4.28. The highest BCUT2D eigenvalue weighted by atomic mass is 35.5. The summed E-state index contributed by atoms with van der Waals surface area (Å²) >= 11 is 7.40. The quantitative estimate of drug-likeness (QED) is 0.850. The second kappa shape index (κ2) is 5.82. The first kappa shape index (κ1) is 16.6. The van der Waals surface area contributed by atoms with Crippen molar-refractivity contribution in [2.24, 2.45) is 4.99 Å². The largest absolute Gasteiger partial charge is 0.433 e. The number of halogens is 4. The zero-order valence-electron chi connectivity index (χ0n) is 12.7. The number of fused-ring (bicyclic) bond motifs is 1. The molecule has 6 nitrogen and oxygen atoms in total. The summed E-state index contributed by atoms with van der Waals surface area (Å²) in [7, 11) is 0. The Bertz CT molecular complexity index is 874. The van der Waals surface area contributed by atoms with Crippen molar-refractivity contribution in [3.05, 3.63) is 34.1 Å². The van der Waals surface area contributed by atoms with Crippen molar-refractivity contribution >= 4 is 28.6 Å². The fourth-order valence-electron chi connectivity index (χ4n) is 2.81. The lowest BCUT2D eigenvalue weighted by Gasteiger charge is -2.30. The Balaban J connectivity index is 1.66. The van der Waals surface area contributed by atoms with Crippen molar-refractivity contribution in [2.75, 3.05) is 6.54 Å². The Kier molecular flexibility index (Phi) is 3.85. The van der Waals surface area contributed by atoms with Crippen LogP contribution in [0.3, 0.4) is 0 Å². The van der Waals surface area contributed by atoms with E-state index in [4.69, 9.17) is 16.1 Å². The molecule has 132 valence electrons. The van der Waals surface area contributed by atoms with E-state index in [-0.39, 0.29) is 5.89 Å². The molecule has 4 rings (SSSR count). The molecule has 2 aliphatic rings. The molecule has 1 N–H and O–H groups in total. The highest BCUT2D eigenvalue weighted by Gasteiger charge is 2.44. The fourth-order valence-corrected chi connectivity index (χ4v) is 3.86. The van der Waals surface area contributed by atoms with E-state index in [0.29, 0.717) is 28.0 Å². The molecule has 2 atom stereocenters. The molecule has 0 saturated carbocycles. The van der Waals surface area contributed by atoms with Crippen LogP contribution in [0.5, 0.6) is 0 Å². The molecule has 25 heavy (non-hydrogen) atoms. The Hall–Kier alpha value is -1.91. The molecular formula is C14H11ClF3N5OS. The molecule has 0 radical (unpaired) electrons. The highest BCUT2D eigenvalue weighted by molar-refractivity contribution is 7.14. The lowest BCUT2D eigenvalue weighted by Crippen LogP contribution is -2.41. The maximum absolute atomic E-state index is 13.1. The number of hydrazine groups is 1. The van der Waals surface area contributed by atoms with Gasteiger partial charge in [0.2, 0.25) is 0 Å². The Morgan fingerprint density at radius 2 is 2.24 bits per heavy atom. The third-order valence-electron chi connectivity index (χ3n) is 3.98. The molecule has 0 aliphatic carbocycles. The normalized spacial score (nSPS) is 23.5. The van der Waals surface area contributed by atoms with Crippen LogP contribution in [0, 0.1) is 0 Å². The van der Waals surface area contributed by atoms with Gasteiger partial charge in [0.25, 0.3) is 5.89 Å². The van der Waals surface area contributed by atoms with Crippen molar-refractivity contribution in [3.8, 4) is 10.8 Å². The first-order chi connectivity index (χ1) is 11.8. The molecule has 2 aliphatic heterocycles. The molecule has 2 aromatic rings. The maximum Gasteiger partial charge on any atom is 0.433 e. The van der Waals surface area contributed by atoms with Gasteiger partial charge in [0.1, 0.15) is 16.8 Å².